The van der Waals surface area contributed by atoms with Crippen molar-refractivity contribution >= 4 is 6.03 Å². The Morgan fingerprint density at radius 2 is 2.05 bits per heavy atom. The van der Waals surface area contributed by atoms with E-state index in [1.165, 1.54) is 31.3 Å². The molecule has 3 N–H and O–H groups in total. The highest BCUT2D eigenvalue weighted by Gasteiger charge is 2.22. The fourth-order valence-electron chi connectivity index (χ4n) is 2.28. The second kappa shape index (κ2) is 8.20. The SMILES string of the molecule is CCC(O)(CC)CNC(=O)NCCC1=CCCCC1. The minimum Gasteiger partial charge on any atom is -0.388 e. The van der Waals surface area contributed by atoms with E-state index >= 15 is 0 Å². The zero-order valence-corrected chi connectivity index (χ0v) is 12.3. The van der Waals surface area contributed by atoms with Crippen molar-refractivity contribution in [1.29, 1.82) is 0 Å². The van der Waals surface area contributed by atoms with Gasteiger partial charge in [0, 0.05) is 13.1 Å². The van der Waals surface area contributed by atoms with Gasteiger partial charge in [0.1, 0.15) is 0 Å². The first-order valence-electron chi connectivity index (χ1n) is 7.51. The van der Waals surface area contributed by atoms with Crippen molar-refractivity contribution in [3.63, 3.8) is 0 Å². The van der Waals surface area contributed by atoms with Crippen LogP contribution < -0.4 is 10.6 Å². The van der Waals surface area contributed by atoms with E-state index in [0.29, 0.717) is 25.9 Å². The lowest BCUT2D eigenvalue weighted by Crippen LogP contribution is -2.46. The van der Waals surface area contributed by atoms with Crippen LogP contribution in [0.5, 0.6) is 0 Å². The van der Waals surface area contributed by atoms with Crippen LogP contribution in [0.15, 0.2) is 11.6 Å². The maximum atomic E-state index is 11.6. The van der Waals surface area contributed by atoms with E-state index < -0.39 is 5.60 Å². The molecule has 0 atom stereocenters. The molecule has 19 heavy (non-hydrogen) atoms. The van der Waals surface area contributed by atoms with Crippen LogP contribution in [0.4, 0.5) is 4.79 Å². The van der Waals surface area contributed by atoms with Crippen LogP contribution in [0.3, 0.4) is 0 Å². The molecule has 4 nitrogen and oxygen atoms in total. The Morgan fingerprint density at radius 1 is 1.32 bits per heavy atom. The van der Waals surface area contributed by atoms with E-state index in [0.717, 1.165) is 6.42 Å². The molecule has 0 aromatic heterocycles. The number of rotatable bonds is 7. The highest BCUT2D eigenvalue weighted by molar-refractivity contribution is 5.73. The molecule has 0 saturated carbocycles. The van der Waals surface area contributed by atoms with E-state index in [2.05, 4.69) is 16.7 Å². The minimum atomic E-state index is -0.775. The number of carbonyl (C=O) groups is 1. The third kappa shape index (κ3) is 6.10. The van der Waals surface area contributed by atoms with Crippen LogP contribution in [0.25, 0.3) is 0 Å². The fourth-order valence-corrected chi connectivity index (χ4v) is 2.28. The number of aliphatic hydroxyl groups is 1. The van der Waals surface area contributed by atoms with Crippen molar-refractivity contribution in [2.75, 3.05) is 13.1 Å². The standard InChI is InChI=1S/C15H28N2O2/c1-3-15(19,4-2)12-17-14(18)16-11-10-13-8-6-5-7-9-13/h8,19H,3-7,9-12H2,1-2H3,(H2,16,17,18). The summed E-state index contributed by atoms with van der Waals surface area (Å²) in [7, 11) is 0. The summed E-state index contributed by atoms with van der Waals surface area (Å²) < 4.78 is 0. The molecule has 0 bridgehead atoms. The molecular weight excluding hydrogens is 240 g/mol. The fraction of sp³-hybridized carbons (Fsp3) is 0.800. The maximum Gasteiger partial charge on any atom is 0.314 e. The summed E-state index contributed by atoms with van der Waals surface area (Å²) in [6.45, 7) is 4.85. The van der Waals surface area contributed by atoms with Crippen LogP contribution in [0.2, 0.25) is 0 Å². The third-order valence-corrected chi connectivity index (χ3v) is 4.01. The van der Waals surface area contributed by atoms with Crippen LogP contribution in [0.1, 0.15) is 58.8 Å². The Morgan fingerprint density at radius 3 is 2.63 bits per heavy atom. The van der Waals surface area contributed by atoms with Gasteiger partial charge in [0.25, 0.3) is 0 Å². The molecule has 1 aliphatic rings. The molecular formula is C15H28N2O2. The Labute approximate surface area is 116 Å². The molecule has 1 aliphatic carbocycles. The van der Waals surface area contributed by atoms with E-state index in [1.807, 2.05) is 13.8 Å². The first-order chi connectivity index (χ1) is 9.09. The van der Waals surface area contributed by atoms with E-state index in [-0.39, 0.29) is 6.03 Å². The zero-order chi connectivity index (χ0) is 14.1. The molecule has 0 saturated heterocycles. The number of hydrogen-bond acceptors (Lipinski definition) is 2. The average molecular weight is 268 g/mol. The van der Waals surface area contributed by atoms with Crippen LogP contribution >= 0.6 is 0 Å². The molecule has 0 aromatic rings. The van der Waals surface area contributed by atoms with Crippen LogP contribution in [-0.2, 0) is 0 Å². The average Bonchev–Trinajstić information content (AvgIpc) is 2.46. The smallest absolute Gasteiger partial charge is 0.314 e. The molecule has 0 aromatic carbocycles. The predicted molar refractivity (Wildman–Crippen MR) is 78.1 cm³/mol. The Kier molecular flexibility index (Phi) is 6.92. The highest BCUT2D eigenvalue weighted by Crippen LogP contribution is 2.19. The van der Waals surface area contributed by atoms with Gasteiger partial charge in [0.05, 0.1) is 5.60 Å². The topological polar surface area (TPSA) is 61.4 Å². The van der Waals surface area contributed by atoms with Crippen LogP contribution in [0, 0.1) is 0 Å². The van der Waals surface area contributed by atoms with E-state index in [4.69, 9.17) is 0 Å². The van der Waals surface area contributed by atoms with Gasteiger partial charge in [-0.1, -0.05) is 25.5 Å². The third-order valence-electron chi connectivity index (χ3n) is 4.01. The van der Waals surface area contributed by atoms with Gasteiger partial charge in [-0.25, -0.2) is 4.79 Å². The van der Waals surface area contributed by atoms with Gasteiger partial charge < -0.3 is 15.7 Å². The summed E-state index contributed by atoms with van der Waals surface area (Å²) >= 11 is 0. The lowest BCUT2D eigenvalue weighted by Gasteiger charge is -2.25. The molecule has 0 aliphatic heterocycles. The lowest BCUT2D eigenvalue weighted by molar-refractivity contribution is 0.0349. The molecule has 0 spiro atoms. The minimum absolute atomic E-state index is 0.184. The van der Waals surface area contributed by atoms with Gasteiger partial charge >= 0.3 is 6.03 Å². The lowest BCUT2D eigenvalue weighted by atomic mass is 9.97. The molecule has 4 heteroatoms. The van der Waals surface area contributed by atoms with Gasteiger partial charge in [-0.05, 0) is 44.9 Å². The van der Waals surface area contributed by atoms with Gasteiger partial charge in [0.2, 0.25) is 0 Å². The summed E-state index contributed by atoms with van der Waals surface area (Å²) in [5.74, 6) is 0. The number of carbonyl (C=O) groups excluding carboxylic acids is 1. The van der Waals surface area contributed by atoms with Crippen molar-refractivity contribution in [1.82, 2.24) is 10.6 Å². The number of urea groups is 1. The summed E-state index contributed by atoms with van der Waals surface area (Å²) in [4.78, 5) is 11.6. The van der Waals surface area contributed by atoms with Gasteiger partial charge in [-0.15, -0.1) is 0 Å². The number of hydrogen-bond donors (Lipinski definition) is 3. The Balaban J connectivity index is 2.15. The van der Waals surface area contributed by atoms with Crippen molar-refractivity contribution < 1.29 is 9.90 Å². The summed E-state index contributed by atoms with van der Waals surface area (Å²) in [5.41, 5.74) is 0.689. The summed E-state index contributed by atoms with van der Waals surface area (Å²) in [6.07, 6.45) is 9.47. The monoisotopic (exact) mass is 268 g/mol. The van der Waals surface area contributed by atoms with Crippen molar-refractivity contribution in [2.45, 2.75) is 64.4 Å². The largest absolute Gasteiger partial charge is 0.388 e. The van der Waals surface area contributed by atoms with E-state index in [1.54, 1.807) is 0 Å². The molecule has 110 valence electrons. The number of amides is 2. The molecule has 0 heterocycles. The first kappa shape index (κ1) is 16.0. The Hall–Kier alpha value is -1.03. The van der Waals surface area contributed by atoms with Crippen molar-refractivity contribution in [3.8, 4) is 0 Å². The van der Waals surface area contributed by atoms with Gasteiger partial charge in [-0.3, -0.25) is 0 Å². The molecule has 2 amide bonds. The molecule has 0 unspecified atom stereocenters. The maximum absolute atomic E-state index is 11.6. The highest BCUT2D eigenvalue weighted by atomic mass is 16.3. The van der Waals surface area contributed by atoms with Crippen molar-refractivity contribution in [3.05, 3.63) is 11.6 Å². The number of nitrogens with one attached hydrogen (secondary N) is 2. The van der Waals surface area contributed by atoms with Crippen LogP contribution in [-0.4, -0.2) is 29.8 Å². The number of allylic oxidation sites excluding steroid dienone is 1. The molecule has 1 rings (SSSR count). The normalized spacial score (nSPS) is 15.8. The second-order valence-corrected chi connectivity index (χ2v) is 5.40. The second-order valence-electron chi connectivity index (χ2n) is 5.40. The molecule has 0 fully saturated rings. The Bertz CT molecular complexity index is 309. The molecule has 0 radical (unpaired) electrons. The van der Waals surface area contributed by atoms with Gasteiger partial charge in [0.15, 0.2) is 0 Å². The van der Waals surface area contributed by atoms with E-state index in [9.17, 15) is 9.90 Å². The van der Waals surface area contributed by atoms with Crippen molar-refractivity contribution in [2.24, 2.45) is 0 Å². The quantitative estimate of drug-likeness (QED) is 0.622. The zero-order valence-electron chi connectivity index (χ0n) is 12.3. The summed E-state index contributed by atoms with van der Waals surface area (Å²) in [5, 5.41) is 15.6. The first-order valence-corrected chi connectivity index (χ1v) is 7.51. The summed E-state index contributed by atoms with van der Waals surface area (Å²) in [6, 6.07) is -0.184. The predicted octanol–water partition coefficient (Wildman–Crippen LogP) is 2.73. The van der Waals surface area contributed by atoms with Gasteiger partial charge in [-0.2, -0.15) is 0 Å².